The molecule has 1 aromatic rings. The van der Waals surface area contributed by atoms with E-state index in [0.717, 1.165) is 6.42 Å². The zero-order chi connectivity index (χ0) is 17.8. The summed E-state index contributed by atoms with van der Waals surface area (Å²) in [4.78, 5) is 23.3. The normalized spacial score (nSPS) is 16.0. The Morgan fingerprint density at radius 2 is 1.75 bits per heavy atom. The minimum atomic E-state index is -3.35. The predicted molar refractivity (Wildman–Crippen MR) is 91.3 cm³/mol. The number of aliphatic carboxylic acids is 1. The van der Waals surface area contributed by atoms with E-state index in [9.17, 15) is 23.1 Å². The van der Waals surface area contributed by atoms with Crippen LogP contribution >= 0.6 is 0 Å². The molecule has 1 fully saturated rings. The Labute approximate surface area is 141 Å². The SMILES string of the molecule is CCCS(=O)(=O)Nc1ccc(NC(=O)CC2(C(=O)O)CCC2)cc1. The van der Waals surface area contributed by atoms with E-state index < -0.39 is 21.4 Å². The monoisotopic (exact) mass is 354 g/mol. The molecule has 1 aromatic carbocycles. The number of carbonyl (C=O) groups excluding carboxylic acids is 1. The van der Waals surface area contributed by atoms with E-state index in [1.54, 1.807) is 31.2 Å². The van der Waals surface area contributed by atoms with E-state index in [0.29, 0.717) is 30.6 Å². The van der Waals surface area contributed by atoms with Gasteiger partial charge in [0.05, 0.1) is 11.2 Å². The molecule has 0 unspecified atom stereocenters. The van der Waals surface area contributed by atoms with Gasteiger partial charge in [0.15, 0.2) is 0 Å². The lowest BCUT2D eigenvalue weighted by Gasteiger charge is -2.36. The molecule has 0 spiro atoms. The molecule has 3 N–H and O–H groups in total. The van der Waals surface area contributed by atoms with Crippen LogP contribution in [0.4, 0.5) is 11.4 Å². The molecule has 1 saturated carbocycles. The van der Waals surface area contributed by atoms with Crippen molar-refractivity contribution in [1.29, 1.82) is 0 Å². The number of hydrogen-bond donors (Lipinski definition) is 3. The number of anilines is 2. The van der Waals surface area contributed by atoms with Crippen molar-refractivity contribution in [3.8, 4) is 0 Å². The third-order valence-electron chi connectivity index (χ3n) is 4.18. The van der Waals surface area contributed by atoms with E-state index >= 15 is 0 Å². The van der Waals surface area contributed by atoms with Gasteiger partial charge in [0.2, 0.25) is 15.9 Å². The first kappa shape index (κ1) is 18.3. The van der Waals surface area contributed by atoms with Crippen LogP contribution in [0.3, 0.4) is 0 Å². The zero-order valence-corrected chi connectivity index (χ0v) is 14.4. The van der Waals surface area contributed by atoms with E-state index in [-0.39, 0.29) is 18.1 Å². The van der Waals surface area contributed by atoms with Crippen LogP contribution in [0.25, 0.3) is 0 Å². The molecule has 0 atom stereocenters. The highest BCUT2D eigenvalue weighted by atomic mass is 32.2. The maximum atomic E-state index is 12.0. The van der Waals surface area contributed by atoms with Gasteiger partial charge in [0, 0.05) is 17.8 Å². The van der Waals surface area contributed by atoms with Crippen molar-refractivity contribution in [1.82, 2.24) is 0 Å². The summed E-state index contributed by atoms with van der Waals surface area (Å²) in [6, 6.07) is 6.27. The van der Waals surface area contributed by atoms with Crippen molar-refractivity contribution in [2.24, 2.45) is 5.41 Å². The number of carbonyl (C=O) groups is 2. The highest BCUT2D eigenvalue weighted by molar-refractivity contribution is 7.92. The fourth-order valence-electron chi connectivity index (χ4n) is 2.70. The van der Waals surface area contributed by atoms with E-state index in [2.05, 4.69) is 10.0 Å². The summed E-state index contributed by atoms with van der Waals surface area (Å²) in [5.74, 6) is -1.23. The molecule has 132 valence electrons. The Kier molecular flexibility index (Phi) is 5.48. The number of nitrogens with one attached hydrogen (secondary N) is 2. The lowest BCUT2D eigenvalue weighted by molar-refractivity contribution is -0.157. The zero-order valence-electron chi connectivity index (χ0n) is 13.5. The molecule has 0 radical (unpaired) electrons. The van der Waals surface area contributed by atoms with Crippen LogP contribution in [0.5, 0.6) is 0 Å². The lowest BCUT2D eigenvalue weighted by atomic mass is 9.66. The van der Waals surface area contributed by atoms with Crippen LogP contribution in [0, 0.1) is 5.41 Å². The standard InChI is InChI=1S/C16H22N2O5S/c1-2-10-24(22,23)18-13-6-4-12(5-7-13)17-14(19)11-16(15(20)21)8-3-9-16/h4-7,18H,2-3,8-11H2,1H3,(H,17,19)(H,20,21). The molecular weight excluding hydrogens is 332 g/mol. The highest BCUT2D eigenvalue weighted by Crippen LogP contribution is 2.44. The quantitative estimate of drug-likeness (QED) is 0.663. The Hall–Kier alpha value is -2.09. The summed E-state index contributed by atoms with van der Waals surface area (Å²) in [6.45, 7) is 1.78. The second-order valence-corrected chi connectivity index (χ2v) is 8.00. The van der Waals surface area contributed by atoms with Crippen molar-refractivity contribution in [3.63, 3.8) is 0 Å². The van der Waals surface area contributed by atoms with Crippen LogP contribution in [0.15, 0.2) is 24.3 Å². The second-order valence-electron chi connectivity index (χ2n) is 6.16. The number of hydrogen-bond acceptors (Lipinski definition) is 4. The Morgan fingerprint density at radius 1 is 1.17 bits per heavy atom. The summed E-state index contributed by atoms with van der Waals surface area (Å²) in [5, 5.41) is 11.9. The largest absolute Gasteiger partial charge is 0.481 e. The first-order valence-corrected chi connectivity index (χ1v) is 9.55. The van der Waals surface area contributed by atoms with E-state index in [4.69, 9.17) is 0 Å². The van der Waals surface area contributed by atoms with Crippen molar-refractivity contribution in [2.45, 2.75) is 39.0 Å². The Balaban J connectivity index is 1.94. The van der Waals surface area contributed by atoms with Gasteiger partial charge in [-0.15, -0.1) is 0 Å². The molecule has 0 saturated heterocycles. The number of sulfonamides is 1. The summed E-state index contributed by atoms with van der Waals surface area (Å²) in [5.41, 5.74) is -0.0134. The fraction of sp³-hybridized carbons (Fsp3) is 0.500. The number of carboxylic acid groups (broad SMARTS) is 1. The van der Waals surface area contributed by atoms with Crippen LogP contribution in [-0.4, -0.2) is 31.2 Å². The minimum Gasteiger partial charge on any atom is -0.481 e. The molecule has 0 heterocycles. The number of benzene rings is 1. The second kappa shape index (κ2) is 7.21. The maximum Gasteiger partial charge on any atom is 0.310 e. The number of rotatable bonds is 8. The van der Waals surface area contributed by atoms with Crippen LogP contribution in [-0.2, 0) is 19.6 Å². The van der Waals surface area contributed by atoms with Crippen molar-refractivity contribution in [2.75, 3.05) is 15.8 Å². The average molecular weight is 354 g/mol. The van der Waals surface area contributed by atoms with Gasteiger partial charge in [-0.25, -0.2) is 8.42 Å². The van der Waals surface area contributed by atoms with Crippen LogP contribution < -0.4 is 10.0 Å². The molecule has 0 bridgehead atoms. The van der Waals surface area contributed by atoms with Gasteiger partial charge >= 0.3 is 5.97 Å². The summed E-state index contributed by atoms with van der Waals surface area (Å²) in [7, 11) is -3.35. The molecule has 1 amide bonds. The maximum absolute atomic E-state index is 12.0. The van der Waals surface area contributed by atoms with E-state index in [1.165, 1.54) is 0 Å². The minimum absolute atomic E-state index is 0.0444. The molecule has 0 aliphatic heterocycles. The van der Waals surface area contributed by atoms with Gasteiger partial charge in [0.25, 0.3) is 0 Å². The molecule has 7 nitrogen and oxygen atoms in total. The molecule has 1 aliphatic rings. The van der Waals surface area contributed by atoms with Gasteiger partial charge in [-0.3, -0.25) is 14.3 Å². The van der Waals surface area contributed by atoms with Crippen molar-refractivity contribution >= 4 is 33.3 Å². The smallest absolute Gasteiger partial charge is 0.310 e. The van der Waals surface area contributed by atoms with E-state index in [1.807, 2.05) is 0 Å². The van der Waals surface area contributed by atoms with Crippen molar-refractivity contribution < 1.29 is 23.1 Å². The Bertz CT molecular complexity index is 708. The first-order chi connectivity index (χ1) is 11.3. The van der Waals surface area contributed by atoms with Gasteiger partial charge in [-0.05, 0) is 43.5 Å². The predicted octanol–water partition coefficient (Wildman–Crippen LogP) is 2.42. The lowest BCUT2D eigenvalue weighted by Crippen LogP contribution is -2.41. The molecule has 8 heteroatoms. The molecule has 1 aliphatic carbocycles. The first-order valence-electron chi connectivity index (χ1n) is 7.90. The average Bonchev–Trinajstić information content (AvgIpc) is 2.44. The molecular formula is C16H22N2O5S. The van der Waals surface area contributed by atoms with Crippen LogP contribution in [0.2, 0.25) is 0 Å². The third kappa shape index (κ3) is 4.47. The van der Waals surface area contributed by atoms with Gasteiger partial charge in [-0.2, -0.15) is 0 Å². The third-order valence-corrected chi connectivity index (χ3v) is 5.67. The highest BCUT2D eigenvalue weighted by Gasteiger charge is 2.45. The summed E-state index contributed by atoms with van der Waals surface area (Å²) >= 11 is 0. The molecule has 2 rings (SSSR count). The summed E-state index contributed by atoms with van der Waals surface area (Å²) in [6.07, 6.45) is 2.34. The van der Waals surface area contributed by atoms with Gasteiger partial charge in [0.1, 0.15) is 0 Å². The molecule has 0 aromatic heterocycles. The fourth-order valence-corrected chi connectivity index (χ4v) is 3.84. The van der Waals surface area contributed by atoms with Crippen molar-refractivity contribution in [3.05, 3.63) is 24.3 Å². The Morgan fingerprint density at radius 3 is 2.21 bits per heavy atom. The van der Waals surface area contributed by atoms with Crippen LogP contribution in [0.1, 0.15) is 39.0 Å². The number of amides is 1. The van der Waals surface area contributed by atoms with Gasteiger partial charge in [-0.1, -0.05) is 13.3 Å². The van der Waals surface area contributed by atoms with Gasteiger partial charge < -0.3 is 10.4 Å². The topological polar surface area (TPSA) is 113 Å². The summed E-state index contributed by atoms with van der Waals surface area (Å²) < 4.78 is 25.8. The molecule has 24 heavy (non-hydrogen) atoms. The number of carboxylic acids is 1.